The van der Waals surface area contributed by atoms with Gasteiger partial charge < -0.3 is 9.88 Å². The summed E-state index contributed by atoms with van der Waals surface area (Å²) in [6.45, 7) is 6.63. The van der Waals surface area contributed by atoms with Crippen LogP contribution in [0.4, 0.5) is 0 Å². The number of hydrogen-bond acceptors (Lipinski definition) is 3. The number of H-pyrrole nitrogens is 1. The zero-order chi connectivity index (χ0) is 14.4. The highest BCUT2D eigenvalue weighted by Crippen LogP contribution is 2.05. The van der Waals surface area contributed by atoms with Crippen molar-refractivity contribution in [2.24, 2.45) is 5.92 Å². The van der Waals surface area contributed by atoms with Crippen molar-refractivity contribution in [3.63, 3.8) is 0 Å². The molecule has 0 bridgehead atoms. The van der Waals surface area contributed by atoms with E-state index in [0.29, 0.717) is 18.8 Å². The van der Waals surface area contributed by atoms with E-state index in [1.165, 1.54) is 12.3 Å². The summed E-state index contributed by atoms with van der Waals surface area (Å²) in [6.07, 6.45) is 1.71. The zero-order valence-electron chi connectivity index (χ0n) is 11.6. The van der Waals surface area contributed by atoms with Gasteiger partial charge >= 0.3 is 0 Å². The molecule has 19 heavy (non-hydrogen) atoms. The minimum absolute atomic E-state index is 0.129. The lowest BCUT2D eigenvalue weighted by Gasteiger charge is -2.23. The Morgan fingerprint density at radius 3 is 2.74 bits per heavy atom. The van der Waals surface area contributed by atoms with Crippen molar-refractivity contribution in [3.05, 3.63) is 33.7 Å². The van der Waals surface area contributed by atoms with Gasteiger partial charge in [0.25, 0.3) is 5.91 Å². The molecule has 1 aromatic rings. The third-order valence-corrected chi connectivity index (χ3v) is 2.65. The Morgan fingerprint density at radius 2 is 2.21 bits per heavy atom. The molecular weight excluding hydrogens is 242 g/mol. The molecule has 0 saturated heterocycles. The standard InChI is InChI=1S/C14H19N3O2/c1-10(2)9-17(6-4-5-15)14(19)12-8-16-11(3)7-13(12)18/h7-8,10H,4,6,9H2,1-3H3,(H,16,18). The van der Waals surface area contributed by atoms with E-state index in [4.69, 9.17) is 5.26 Å². The van der Waals surface area contributed by atoms with E-state index in [-0.39, 0.29) is 29.2 Å². The van der Waals surface area contributed by atoms with Gasteiger partial charge in [-0.2, -0.15) is 5.26 Å². The van der Waals surface area contributed by atoms with Crippen LogP contribution in [0.2, 0.25) is 0 Å². The Bertz CT molecular complexity index is 540. The van der Waals surface area contributed by atoms with Crippen LogP contribution < -0.4 is 5.43 Å². The number of nitriles is 1. The van der Waals surface area contributed by atoms with Crippen molar-refractivity contribution in [3.8, 4) is 6.07 Å². The number of hydrogen-bond donors (Lipinski definition) is 1. The van der Waals surface area contributed by atoms with Gasteiger partial charge in [-0.3, -0.25) is 9.59 Å². The second-order valence-corrected chi connectivity index (χ2v) is 4.95. The fourth-order valence-electron chi connectivity index (χ4n) is 1.81. The highest BCUT2D eigenvalue weighted by molar-refractivity contribution is 5.93. The van der Waals surface area contributed by atoms with Crippen LogP contribution in [0.3, 0.4) is 0 Å². The summed E-state index contributed by atoms with van der Waals surface area (Å²) in [5.41, 5.74) is 0.560. The fraction of sp³-hybridized carbons (Fsp3) is 0.500. The minimum Gasteiger partial charge on any atom is -0.364 e. The second-order valence-electron chi connectivity index (χ2n) is 4.95. The number of carbonyl (C=O) groups excluding carboxylic acids is 1. The summed E-state index contributed by atoms with van der Waals surface area (Å²) in [5.74, 6) is -0.0302. The molecule has 0 aliphatic rings. The van der Waals surface area contributed by atoms with E-state index in [0.717, 1.165) is 0 Å². The van der Waals surface area contributed by atoms with Crippen LogP contribution >= 0.6 is 0 Å². The Labute approximate surface area is 112 Å². The highest BCUT2D eigenvalue weighted by Gasteiger charge is 2.19. The largest absolute Gasteiger partial charge is 0.364 e. The first-order chi connectivity index (χ1) is 8.95. The molecule has 1 rings (SSSR count). The summed E-state index contributed by atoms with van der Waals surface area (Å²) < 4.78 is 0. The van der Waals surface area contributed by atoms with Gasteiger partial charge in [-0.15, -0.1) is 0 Å². The maximum absolute atomic E-state index is 12.3. The van der Waals surface area contributed by atoms with E-state index in [2.05, 4.69) is 4.98 Å². The number of nitrogens with one attached hydrogen (secondary N) is 1. The average molecular weight is 261 g/mol. The number of pyridine rings is 1. The van der Waals surface area contributed by atoms with Crippen molar-refractivity contribution < 1.29 is 4.79 Å². The third-order valence-electron chi connectivity index (χ3n) is 2.65. The molecule has 102 valence electrons. The number of aromatic amines is 1. The molecule has 0 saturated carbocycles. The highest BCUT2D eigenvalue weighted by atomic mass is 16.2. The summed E-state index contributed by atoms with van der Waals surface area (Å²) >= 11 is 0. The van der Waals surface area contributed by atoms with Crippen molar-refractivity contribution in [2.45, 2.75) is 27.2 Å². The molecule has 0 spiro atoms. The third kappa shape index (κ3) is 4.25. The van der Waals surface area contributed by atoms with Crippen molar-refractivity contribution >= 4 is 5.91 Å². The SMILES string of the molecule is Cc1cc(=O)c(C(=O)N(CCC#N)CC(C)C)c[nH]1. The first-order valence-electron chi connectivity index (χ1n) is 6.31. The number of amides is 1. The van der Waals surface area contributed by atoms with Gasteiger partial charge in [-0.05, 0) is 12.8 Å². The van der Waals surface area contributed by atoms with Crippen LogP contribution in [0.5, 0.6) is 0 Å². The summed E-state index contributed by atoms with van der Waals surface area (Å²) in [5, 5.41) is 8.64. The molecule has 0 aliphatic carbocycles. The molecule has 5 nitrogen and oxygen atoms in total. The lowest BCUT2D eigenvalue weighted by atomic mass is 10.1. The lowest BCUT2D eigenvalue weighted by Crippen LogP contribution is -2.37. The molecule has 0 atom stereocenters. The molecule has 1 N–H and O–H groups in total. The first-order valence-corrected chi connectivity index (χ1v) is 6.31. The molecule has 0 radical (unpaired) electrons. The number of rotatable bonds is 5. The quantitative estimate of drug-likeness (QED) is 0.876. The normalized spacial score (nSPS) is 10.3. The topological polar surface area (TPSA) is 77.0 Å². The molecule has 0 aromatic carbocycles. The summed E-state index contributed by atoms with van der Waals surface area (Å²) in [7, 11) is 0. The monoisotopic (exact) mass is 261 g/mol. The van der Waals surface area contributed by atoms with Crippen molar-refractivity contribution in [1.82, 2.24) is 9.88 Å². The molecule has 0 fully saturated rings. The predicted molar refractivity (Wildman–Crippen MR) is 72.8 cm³/mol. The van der Waals surface area contributed by atoms with Gasteiger partial charge in [-0.1, -0.05) is 13.8 Å². The minimum atomic E-state index is -0.315. The molecule has 0 unspecified atom stereocenters. The van der Waals surface area contributed by atoms with Crippen LogP contribution in [-0.2, 0) is 0 Å². The summed E-state index contributed by atoms with van der Waals surface area (Å²) in [6, 6.07) is 3.43. The predicted octanol–water partition coefficient (Wildman–Crippen LogP) is 1.70. The van der Waals surface area contributed by atoms with Crippen LogP contribution in [0.25, 0.3) is 0 Å². The first kappa shape index (κ1) is 15.0. The average Bonchev–Trinajstić information content (AvgIpc) is 2.33. The van der Waals surface area contributed by atoms with Crippen molar-refractivity contribution in [1.29, 1.82) is 5.26 Å². The molecule has 0 aliphatic heterocycles. The Hall–Kier alpha value is -2.09. The molecular formula is C14H19N3O2. The number of aromatic nitrogens is 1. The van der Waals surface area contributed by atoms with E-state index < -0.39 is 0 Å². The Kier molecular flexibility index (Phi) is 5.31. The van der Waals surface area contributed by atoms with Crippen LogP contribution in [0.1, 0.15) is 36.3 Å². The van der Waals surface area contributed by atoms with Gasteiger partial charge in [0, 0.05) is 31.0 Å². The molecule has 1 aromatic heterocycles. The summed E-state index contributed by atoms with van der Waals surface area (Å²) in [4.78, 5) is 28.6. The Morgan fingerprint density at radius 1 is 1.53 bits per heavy atom. The van der Waals surface area contributed by atoms with Crippen LogP contribution in [0, 0.1) is 24.2 Å². The van der Waals surface area contributed by atoms with E-state index in [9.17, 15) is 9.59 Å². The Balaban J connectivity index is 2.98. The van der Waals surface area contributed by atoms with Gasteiger partial charge in [0.05, 0.1) is 12.5 Å². The van der Waals surface area contributed by atoms with Gasteiger partial charge in [0.2, 0.25) is 0 Å². The van der Waals surface area contributed by atoms with E-state index >= 15 is 0 Å². The molecule has 1 amide bonds. The maximum Gasteiger partial charge on any atom is 0.259 e. The van der Waals surface area contributed by atoms with Gasteiger partial charge in [0.1, 0.15) is 5.56 Å². The molecule has 1 heterocycles. The van der Waals surface area contributed by atoms with Crippen molar-refractivity contribution in [2.75, 3.05) is 13.1 Å². The number of nitrogens with zero attached hydrogens (tertiary/aromatic N) is 2. The fourth-order valence-corrected chi connectivity index (χ4v) is 1.81. The second kappa shape index (κ2) is 6.74. The number of carbonyl (C=O) groups is 1. The maximum atomic E-state index is 12.3. The number of aryl methyl sites for hydroxylation is 1. The van der Waals surface area contributed by atoms with Gasteiger partial charge in [0.15, 0.2) is 5.43 Å². The lowest BCUT2D eigenvalue weighted by molar-refractivity contribution is 0.0738. The molecule has 5 heteroatoms. The van der Waals surface area contributed by atoms with Gasteiger partial charge in [-0.25, -0.2) is 0 Å². The van der Waals surface area contributed by atoms with Crippen LogP contribution in [0.15, 0.2) is 17.1 Å². The van der Waals surface area contributed by atoms with E-state index in [1.54, 1.807) is 11.8 Å². The smallest absolute Gasteiger partial charge is 0.259 e. The zero-order valence-corrected chi connectivity index (χ0v) is 11.6. The van der Waals surface area contributed by atoms with E-state index in [1.807, 2.05) is 19.9 Å². The van der Waals surface area contributed by atoms with Crippen LogP contribution in [-0.4, -0.2) is 28.9 Å².